The van der Waals surface area contributed by atoms with Crippen molar-refractivity contribution in [2.75, 3.05) is 0 Å². The van der Waals surface area contributed by atoms with Gasteiger partial charge in [0.05, 0.1) is 0 Å². The van der Waals surface area contributed by atoms with Crippen molar-refractivity contribution < 1.29 is 0 Å². The lowest BCUT2D eigenvalue weighted by molar-refractivity contribution is 0.423. The number of rotatable bonds is 1. The van der Waals surface area contributed by atoms with Crippen molar-refractivity contribution in [3.05, 3.63) is 0 Å². The Balaban J connectivity index is 2.42. The highest BCUT2D eigenvalue weighted by molar-refractivity contribution is 8.05. The van der Waals surface area contributed by atoms with Gasteiger partial charge in [-0.25, -0.2) is 0 Å². The molecule has 0 saturated heterocycles. The summed E-state index contributed by atoms with van der Waals surface area (Å²) in [6.07, 6.45) is 12.0. The van der Waals surface area contributed by atoms with E-state index in [1.807, 2.05) is 0 Å². The Hall–Kier alpha value is -0.0900. The summed E-state index contributed by atoms with van der Waals surface area (Å²) in [6.45, 7) is 2.29. The van der Waals surface area contributed by atoms with Crippen LogP contribution in [0.25, 0.3) is 0 Å². The molecule has 1 saturated carbocycles. The Morgan fingerprint density at radius 3 is 2.40 bits per heavy atom. The molecule has 1 aliphatic carbocycles. The van der Waals surface area contributed by atoms with Gasteiger partial charge in [-0.1, -0.05) is 31.0 Å². The fraction of sp³-hybridized carbons (Fsp3) is 0.778. The molecule has 1 heteroatoms. The predicted molar refractivity (Wildman–Crippen MR) is 47.9 cm³/mol. The first-order chi connectivity index (χ1) is 4.77. The van der Waals surface area contributed by atoms with E-state index in [1.165, 1.54) is 32.1 Å². The summed E-state index contributed by atoms with van der Waals surface area (Å²) in [4.78, 5) is 0. The van der Waals surface area contributed by atoms with Crippen LogP contribution in [0.5, 0.6) is 0 Å². The number of hydrogen-bond acceptors (Lipinski definition) is 1. The molecule has 0 N–H and O–H groups in total. The fourth-order valence-electron chi connectivity index (χ4n) is 1.54. The SMILES string of the molecule is C#CSC1(C)CCCCC1. The molecule has 0 unspecified atom stereocenters. The molecule has 1 rings (SSSR count). The van der Waals surface area contributed by atoms with E-state index in [0.717, 1.165) is 0 Å². The van der Waals surface area contributed by atoms with Crippen molar-refractivity contribution in [2.24, 2.45) is 0 Å². The van der Waals surface area contributed by atoms with E-state index < -0.39 is 0 Å². The summed E-state index contributed by atoms with van der Waals surface area (Å²) < 4.78 is 0.410. The number of hydrogen-bond donors (Lipinski definition) is 0. The molecule has 0 aliphatic heterocycles. The van der Waals surface area contributed by atoms with E-state index in [0.29, 0.717) is 4.75 Å². The fourth-order valence-corrected chi connectivity index (χ4v) is 2.32. The molecular weight excluding hydrogens is 140 g/mol. The van der Waals surface area contributed by atoms with Gasteiger partial charge in [-0.3, -0.25) is 0 Å². The molecule has 0 nitrogen and oxygen atoms in total. The van der Waals surface area contributed by atoms with Crippen LogP contribution < -0.4 is 0 Å². The van der Waals surface area contributed by atoms with Crippen LogP contribution in [0.1, 0.15) is 39.0 Å². The van der Waals surface area contributed by atoms with Crippen molar-refractivity contribution in [3.63, 3.8) is 0 Å². The van der Waals surface area contributed by atoms with E-state index >= 15 is 0 Å². The predicted octanol–water partition coefficient (Wildman–Crippen LogP) is 3.03. The zero-order chi connectivity index (χ0) is 7.45. The first kappa shape index (κ1) is 8.01. The van der Waals surface area contributed by atoms with Gasteiger partial charge in [0.1, 0.15) is 0 Å². The van der Waals surface area contributed by atoms with Crippen molar-refractivity contribution >= 4 is 11.8 Å². The Kier molecular flexibility index (Phi) is 2.68. The average Bonchev–Trinajstić information content (AvgIpc) is 1.89. The maximum Gasteiger partial charge on any atom is 0.0255 e. The van der Waals surface area contributed by atoms with Crippen LogP contribution in [0.4, 0.5) is 0 Å². The van der Waals surface area contributed by atoms with Gasteiger partial charge < -0.3 is 0 Å². The minimum atomic E-state index is 0.410. The van der Waals surface area contributed by atoms with Crippen LogP contribution in [-0.4, -0.2) is 4.75 Å². The summed E-state index contributed by atoms with van der Waals surface area (Å²) in [7, 11) is 0. The molecule has 0 heterocycles. The second-order valence-electron chi connectivity index (χ2n) is 3.23. The minimum Gasteiger partial charge on any atom is -0.108 e. The van der Waals surface area contributed by atoms with Gasteiger partial charge in [0, 0.05) is 4.75 Å². The standard InChI is InChI=1S/C9H14S/c1-3-10-9(2)7-5-4-6-8-9/h1H,4-8H2,2H3. The minimum absolute atomic E-state index is 0.410. The van der Waals surface area contributed by atoms with Gasteiger partial charge in [-0.15, -0.1) is 6.42 Å². The Bertz CT molecular complexity index is 137. The van der Waals surface area contributed by atoms with Crippen molar-refractivity contribution in [1.82, 2.24) is 0 Å². The quantitative estimate of drug-likeness (QED) is 0.523. The van der Waals surface area contributed by atoms with Gasteiger partial charge >= 0.3 is 0 Å². The van der Waals surface area contributed by atoms with Crippen LogP contribution >= 0.6 is 11.8 Å². The number of thioether (sulfide) groups is 1. The van der Waals surface area contributed by atoms with Crippen LogP contribution in [0.2, 0.25) is 0 Å². The molecule has 0 amide bonds. The molecule has 1 aliphatic rings. The van der Waals surface area contributed by atoms with Crippen LogP contribution in [0.15, 0.2) is 0 Å². The Morgan fingerprint density at radius 1 is 1.30 bits per heavy atom. The first-order valence-corrected chi connectivity index (χ1v) is 4.72. The summed E-state index contributed by atoms with van der Waals surface area (Å²) in [5.41, 5.74) is 0. The van der Waals surface area contributed by atoms with Gasteiger partial charge in [0.25, 0.3) is 0 Å². The van der Waals surface area contributed by atoms with Gasteiger partial charge in [-0.2, -0.15) is 0 Å². The Morgan fingerprint density at radius 2 is 1.90 bits per heavy atom. The topological polar surface area (TPSA) is 0 Å². The van der Waals surface area contributed by atoms with Crippen molar-refractivity contribution in [1.29, 1.82) is 0 Å². The lowest BCUT2D eigenvalue weighted by Gasteiger charge is -2.30. The molecule has 56 valence electrons. The summed E-state index contributed by atoms with van der Waals surface area (Å²) in [6, 6.07) is 0. The molecule has 1 fully saturated rings. The molecule has 0 radical (unpaired) electrons. The molecule has 0 aromatic rings. The monoisotopic (exact) mass is 154 g/mol. The number of terminal acetylenes is 1. The van der Waals surface area contributed by atoms with Crippen molar-refractivity contribution in [2.45, 2.75) is 43.8 Å². The highest BCUT2D eigenvalue weighted by atomic mass is 32.2. The van der Waals surface area contributed by atoms with E-state index in [-0.39, 0.29) is 0 Å². The zero-order valence-electron chi connectivity index (χ0n) is 6.52. The molecule has 10 heavy (non-hydrogen) atoms. The third-order valence-electron chi connectivity index (χ3n) is 2.22. The summed E-state index contributed by atoms with van der Waals surface area (Å²) in [5, 5.41) is 2.69. The highest BCUT2D eigenvalue weighted by Crippen LogP contribution is 2.38. The molecular formula is C9H14S. The zero-order valence-corrected chi connectivity index (χ0v) is 7.34. The average molecular weight is 154 g/mol. The van der Waals surface area contributed by atoms with Crippen molar-refractivity contribution in [3.8, 4) is 11.7 Å². The van der Waals surface area contributed by atoms with Gasteiger partial charge in [0.15, 0.2) is 0 Å². The summed E-state index contributed by atoms with van der Waals surface area (Å²) >= 11 is 1.68. The lowest BCUT2D eigenvalue weighted by Crippen LogP contribution is -2.22. The second kappa shape index (κ2) is 3.34. The van der Waals surface area contributed by atoms with Gasteiger partial charge in [0.2, 0.25) is 0 Å². The van der Waals surface area contributed by atoms with Gasteiger partial charge in [-0.05, 0) is 25.0 Å². The van der Waals surface area contributed by atoms with Crippen LogP contribution in [0, 0.1) is 11.7 Å². The summed E-state index contributed by atoms with van der Waals surface area (Å²) in [5.74, 6) is 0. The maximum atomic E-state index is 5.26. The first-order valence-electron chi connectivity index (χ1n) is 3.90. The molecule has 0 bridgehead atoms. The molecule has 0 aromatic carbocycles. The van der Waals surface area contributed by atoms with Crippen LogP contribution in [0.3, 0.4) is 0 Å². The third kappa shape index (κ3) is 1.95. The van der Waals surface area contributed by atoms with E-state index in [2.05, 4.69) is 12.2 Å². The third-order valence-corrected chi connectivity index (χ3v) is 3.24. The molecule has 0 atom stereocenters. The largest absolute Gasteiger partial charge is 0.108 e. The lowest BCUT2D eigenvalue weighted by atomic mass is 9.90. The molecule has 0 spiro atoms. The normalized spacial score (nSPS) is 23.6. The maximum absolute atomic E-state index is 5.26. The molecule has 0 aromatic heterocycles. The van der Waals surface area contributed by atoms with E-state index in [1.54, 1.807) is 11.8 Å². The second-order valence-corrected chi connectivity index (χ2v) is 4.66. The van der Waals surface area contributed by atoms with Crippen LogP contribution in [-0.2, 0) is 0 Å². The van der Waals surface area contributed by atoms with E-state index in [4.69, 9.17) is 6.42 Å². The smallest absolute Gasteiger partial charge is 0.0255 e. The van der Waals surface area contributed by atoms with E-state index in [9.17, 15) is 0 Å². The Labute approximate surface area is 67.8 Å². The highest BCUT2D eigenvalue weighted by Gasteiger charge is 2.26.